The summed E-state index contributed by atoms with van der Waals surface area (Å²) in [5, 5.41) is 15.2. The van der Waals surface area contributed by atoms with Crippen LogP contribution in [0.1, 0.15) is 48.9 Å². The summed E-state index contributed by atoms with van der Waals surface area (Å²) in [6.07, 6.45) is 8.28. The van der Waals surface area contributed by atoms with Crippen molar-refractivity contribution < 1.29 is 9.90 Å². The van der Waals surface area contributed by atoms with Crippen LogP contribution in [-0.4, -0.2) is 71.5 Å². The number of phenols is 1. The number of rotatable bonds is 7. The maximum atomic E-state index is 13.3. The van der Waals surface area contributed by atoms with E-state index in [9.17, 15) is 9.90 Å². The Labute approximate surface area is 252 Å². The molecule has 3 aliphatic rings. The average Bonchev–Trinajstić information content (AvgIpc) is 3.79. The van der Waals surface area contributed by atoms with Crippen LogP contribution in [0.3, 0.4) is 0 Å². The van der Waals surface area contributed by atoms with Crippen molar-refractivity contribution >= 4 is 58.0 Å². The lowest BCUT2D eigenvalue weighted by atomic mass is 9.85. The highest BCUT2D eigenvalue weighted by atomic mass is 35.5. The van der Waals surface area contributed by atoms with Crippen LogP contribution in [0.4, 0.5) is 5.69 Å². The van der Waals surface area contributed by atoms with Crippen molar-refractivity contribution in [2.45, 2.75) is 44.6 Å². The molecule has 2 N–H and O–H groups in total. The topological polar surface area (TPSA) is 68.7 Å². The molecule has 214 valence electrons. The van der Waals surface area contributed by atoms with Crippen LogP contribution < -0.4 is 5.32 Å². The molecule has 1 saturated heterocycles. The molecule has 9 heteroatoms. The van der Waals surface area contributed by atoms with Crippen molar-refractivity contribution in [1.82, 2.24) is 14.8 Å². The van der Waals surface area contributed by atoms with Crippen molar-refractivity contribution in [3.05, 3.63) is 52.1 Å². The smallest absolute Gasteiger partial charge is 0.169 e. The quantitative estimate of drug-likeness (QED) is 0.280. The summed E-state index contributed by atoms with van der Waals surface area (Å²) < 4.78 is 0. The van der Waals surface area contributed by atoms with Crippen molar-refractivity contribution in [2.75, 3.05) is 45.1 Å². The predicted octanol–water partition coefficient (Wildman–Crippen LogP) is 7.15. The number of halogens is 3. The summed E-state index contributed by atoms with van der Waals surface area (Å²) in [6, 6.07) is 9.77. The van der Waals surface area contributed by atoms with Gasteiger partial charge >= 0.3 is 0 Å². The lowest BCUT2D eigenvalue weighted by Crippen LogP contribution is -2.46. The zero-order valence-corrected chi connectivity index (χ0v) is 25.2. The summed E-state index contributed by atoms with van der Waals surface area (Å²) in [6.45, 7) is 5.86. The molecule has 2 heterocycles. The normalized spacial score (nSPS) is 22.2. The Hall–Kier alpha value is -2.09. The lowest BCUT2D eigenvalue weighted by Gasteiger charge is -2.37. The number of aromatic nitrogens is 1. The maximum Gasteiger partial charge on any atom is 0.169 e. The van der Waals surface area contributed by atoms with Crippen molar-refractivity contribution in [1.29, 1.82) is 0 Å². The number of anilines is 1. The number of hydrogen-bond donors (Lipinski definition) is 2. The van der Waals surface area contributed by atoms with Crippen LogP contribution in [0.5, 0.6) is 5.75 Å². The van der Waals surface area contributed by atoms with E-state index in [0.29, 0.717) is 11.6 Å². The van der Waals surface area contributed by atoms with Gasteiger partial charge in [-0.1, -0.05) is 29.3 Å². The fourth-order valence-electron chi connectivity index (χ4n) is 6.10. The number of fused-ring (bicyclic) bond motifs is 1. The minimum absolute atomic E-state index is 0. The van der Waals surface area contributed by atoms with Gasteiger partial charge in [0.15, 0.2) is 11.5 Å². The Morgan fingerprint density at radius 1 is 0.975 bits per heavy atom. The first-order chi connectivity index (χ1) is 18.9. The van der Waals surface area contributed by atoms with E-state index in [1.807, 2.05) is 12.1 Å². The molecule has 2 saturated carbocycles. The van der Waals surface area contributed by atoms with Gasteiger partial charge in [0, 0.05) is 56.3 Å². The second-order valence-electron chi connectivity index (χ2n) is 11.7. The Balaban J connectivity index is 0.00000323. The lowest BCUT2D eigenvalue weighted by molar-refractivity contribution is 0.0968. The first-order valence-electron chi connectivity index (χ1n) is 14.2. The van der Waals surface area contributed by atoms with Crippen LogP contribution in [0.25, 0.3) is 22.0 Å². The fraction of sp³-hybridized carbons (Fsp3) is 0.484. The highest BCUT2D eigenvalue weighted by Gasteiger charge is 2.33. The monoisotopic (exact) mass is 602 g/mol. The summed E-state index contributed by atoms with van der Waals surface area (Å²) in [5.41, 5.74) is 4.15. The highest BCUT2D eigenvalue weighted by molar-refractivity contribution is 6.37. The zero-order valence-electron chi connectivity index (χ0n) is 22.8. The Kier molecular flexibility index (Phi) is 9.13. The number of carbonyl (C=O) groups is 1. The van der Waals surface area contributed by atoms with E-state index in [1.54, 1.807) is 18.3 Å². The molecule has 0 radical (unpaired) electrons. The molecule has 0 atom stereocenters. The van der Waals surface area contributed by atoms with Crippen LogP contribution in [0.15, 0.2) is 36.5 Å². The van der Waals surface area contributed by atoms with Gasteiger partial charge in [-0.2, -0.15) is 0 Å². The van der Waals surface area contributed by atoms with Gasteiger partial charge in [0.25, 0.3) is 0 Å². The largest absolute Gasteiger partial charge is 0.505 e. The molecule has 0 amide bonds. The van der Waals surface area contributed by atoms with Crippen molar-refractivity contribution in [2.24, 2.45) is 11.8 Å². The Morgan fingerprint density at radius 2 is 1.65 bits per heavy atom. The molecule has 6 nitrogen and oxygen atoms in total. The summed E-state index contributed by atoms with van der Waals surface area (Å²) >= 11 is 12.5. The molecule has 0 spiro atoms. The molecule has 2 aliphatic carbocycles. The predicted molar refractivity (Wildman–Crippen MR) is 166 cm³/mol. The summed E-state index contributed by atoms with van der Waals surface area (Å²) in [7, 11) is 2.21. The zero-order chi connectivity index (χ0) is 27.1. The minimum atomic E-state index is -0.118. The van der Waals surface area contributed by atoms with Gasteiger partial charge in [0.2, 0.25) is 0 Å². The maximum absolute atomic E-state index is 13.3. The molecule has 3 aromatic rings. The molecule has 40 heavy (non-hydrogen) atoms. The molecule has 1 aliphatic heterocycles. The number of likely N-dealkylation sites (N-methyl/N-ethyl adjacent to an activating group) is 1. The number of pyridine rings is 1. The van der Waals surface area contributed by atoms with E-state index >= 15 is 0 Å². The van der Waals surface area contributed by atoms with E-state index in [1.165, 1.54) is 32.5 Å². The van der Waals surface area contributed by atoms with Gasteiger partial charge in [0.05, 0.1) is 26.8 Å². The van der Waals surface area contributed by atoms with Crippen LogP contribution in [-0.2, 0) is 0 Å². The summed E-state index contributed by atoms with van der Waals surface area (Å²) in [5.74, 6) is 0.926. The van der Waals surface area contributed by atoms with E-state index < -0.39 is 0 Å². The molecule has 0 unspecified atom stereocenters. The number of benzene rings is 2. The number of phenolic OH excluding ortho intramolecular Hbond substituents is 1. The molecule has 1 aromatic heterocycles. The number of carbonyl (C=O) groups excluding carboxylic acids is 1. The van der Waals surface area contributed by atoms with Gasteiger partial charge in [-0.05, 0) is 86.9 Å². The Bertz CT molecular complexity index is 1360. The summed E-state index contributed by atoms with van der Waals surface area (Å²) in [4.78, 5) is 23.0. The van der Waals surface area contributed by atoms with Crippen LogP contribution >= 0.6 is 35.6 Å². The number of Topliss-reactive ketones (excluding diaryl/α,β-unsaturated/α-hetero) is 1. The SMILES string of the molecule is CN1CCN(CC2CCC(Nc3c(C(=O)C4CC4)cnc4ccc(-c5cc(Cl)c(O)c(Cl)c5)cc34)CC2)CC1.Cl. The number of ketones is 1. The molecular formula is C31H37Cl3N4O2. The third-order valence-corrected chi connectivity index (χ3v) is 9.32. The standard InChI is InChI=1S/C31H36Cl2N4O2.ClH/c1-36-10-12-37(13-11-36)18-19-2-7-23(8-3-19)35-29-24-14-21(22-15-26(32)31(39)27(33)16-22)6-9-28(24)34-17-25(29)30(38)20-4-5-20;/h6,9,14-17,19-20,23,39H,2-5,7-8,10-13,18H2,1H3,(H,34,35);1H. The molecular weight excluding hydrogens is 567 g/mol. The number of piperazine rings is 1. The van der Waals surface area contributed by atoms with Gasteiger partial charge in [0.1, 0.15) is 0 Å². The van der Waals surface area contributed by atoms with Gasteiger partial charge < -0.3 is 20.2 Å². The van der Waals surface area contributed by atoms with Crippen molar-refractivity contribution in [3.63, 3.8) is 0 Å². The third-order valence-electron chi connectivity index (χ3n) is 8.74. The second-order valence-corrected chi connectivity index (χ2v) is 12.5. The van der Waals surface area contributed by atoms with Gasteiger partial charge in [-0.25, -0.2) is 0 Å². The Morgan fingerprint density at radius 3 is 2.30 bits per heavy atom. The highest BCUT2D eigenvalue weighted by Crippen LogP contribution is 2.41. The molecule has 3 fully saturated rings. The van der Waals surface area contributed by atoms with E-state index in [0.717, 1.165) is 72.4 Å². The average molecular weight is 604 g/mol. The molecule has 2 aromatic carbocycles. The minimum Gasteiger partial charge on any atom is -0.505 e. The third kappa shape index (κ3) is 6.37. The molecule has 0 bridgehead atoms. The molecule has 6 rings (SSSR count). The first-order valence-corrected chi connectivity index (χ1v) is 14.9. The number of nitrogens with one attached hydrogen (secondary N) is 1. The second kappa shape index (κ2) is 12.4. The number of hydrogen-bond acceptors (Lipinski definition) is 6. The first kappa shape index (κ1) is 29.4. The number of aromatic hydroxyl groups is 1. The van der Waals surface area contributed by atoms with Crippen LogP contribution in [0.2, 0.25) is 10.0 Å². The fourth-order valence-corrected chi connectivity index (χ4v) is 6.59. The van der Waals surface area contributed by atoms with Gasteiger partial charge in [-0.15, -0.1) is 12.4 Å². The van der Waals surface area contributed by atoms with Crippen LogP contribution in [0, 0.1) is 11.8 Å². The van der Waals surface area contributed by atoms with E-state index in [-0.39, 0.29) is 39.9 Å². The number of nitrogens with zero attached hydrogens (tertiary/aromatic N) is 3. The van der Waals surface area contributed by atoms with Gasteiger partial charge in [-0.3, -0.25) is 9.78 Å². The van der Waals surface area contributed by atoms with E-state index in [4.69, 9.17) is 23.2 Å². The van der Waals surface area contributed by atoms with Crippen molar-refractivity contribution in [3.8, 4) is 16.9 Å². The van der Waals surface area contributed by atoms with E-state index in [2.05, 4.69) is 33.2 Å².